The highest BCUT2D eigenvalue weighted by molar-refractivity contribution is 7.89. The van der Waals surface area contributed by atoms with Crippen LogP contribution in [0.25, 0.3) is 0 Å². The van der Waals surface area contributed by atoms with Gasteiger partial charge in [0, 0.05) is 23.8 Å². The van der Waals surface area contributed by atoms with Crippen LogP contribution < -0.4 is 10.0 Å². The van der Waals surface area contributed by atoms with E-state index in [1.807, 2.05) is 26.0 Å². The average Bonchev–Trinajstić information content (AvgIpc) is 3.23. The van der Waals surface area contributed by atoms with E-state index in [1.54, 1.807) is 31.5 Å². The Morgan fingerprint density at radius 2 is 2.07 bits per heavy atom. The molecule has 0 aliphatic carbocycles. The van der Waals surface area contributed by atoms with Crippen LogP contribution in [0.1, 0.15) is 39.5 Å². The summed E-state index contributed by atoms with van der Waals surface area (Å²) in [4.78, 5) is 20.3. The largest absolute Gasteiger partial charge is 0.505 e. The summed E-state index contributed by atoms with van der Waals surface area (Å²) < 4.78 is 30.1. The van der Waals surface area contributed by atoms with Crippen LogP contribution in [-0.4, -0.2) is 50.1 Å². The number of aryl methyl sites for hydroxylation is 1. The summed E-state index contributed by atoms with van der Waals surface area (Å²) in [7, 11) is -0.815. The summed E-state index contributed by atoms with van der Waals surface area (Å²) in [6.07, 6.45) is 0.663. The Hall–Kier alpha value is -2.92. The van der Waals surface area contributed by atoms with E-state index >= 15 is 0 Å². The summed E-state index contributed by atoms with van der Waals surface area (Å²) in [6, 6.07) is 8.29. The topological polar surface area (TPSA) is 123 Å². The maximum atomic E-state index is 12.2. The van der Waals surface area contributed by atoms with Crippen LogP contribution in [0.4, 0.5) is 5.69 Å². The molecule has 2 heterocycles. The number of thiophene rings is 1. The molecule has 1 atom stereocenters. The normalized spacial score (nSPS) is 17.3. The molecule has 11 heteroatoms. The van der Waals surface area contributed by atoms with E-state index in [0.29, 0.717) is 6.42 Å². The van der Waals surface area contributed by atoms with Crippen molar-refractivity contribution in [3.05, 3.63) is 45.6 Å². The van der Waals surface area contributed by atoms with Gasteiger partial charge >= 0.3 is 10.2 Å². The fourth-order valence-corrected chi connectivity index (χ4v) is 4.67. The Morgan fingerprint density at radius 1 is 1.33 bits per heavy atom. The minimum absolute atomic E-state index is 0.0496. The molecule has 0 unspecified atom stereocenters. The zero-order valence-corrected chi connectivity index (χ0v) is 18.6. The van der Waals surface area contributed by atoms with Crippen molar-refractivity contribution in [1.82, 2.24) is 9.62 Å². The SMILES string of the molecule is CC[C@@H](N=C1NS(=O)(=O)N=C1Nc1cccc(C(=O)N(C)C)c1O)c1ccc(C)s1. The van der Waals surface area contributed by atoms with Crippen molar-refractivity contribution in [2.24, 2.45) is 9.39 Å². The molecule has 0 bridgehead atoms. The van der Waals surface area contributed by atoms with Crippen LogP contribution in [0, 0.1) is 6.92 Å². The number of phenols is 1. The highest BCUT2D eigenvalue weighted by Gasteiger charge is 2.29. The van der Waals surface area contributed by atoms with Gasteiger partial charge in [0.05, 0.1) is 17.3 Å². The second-order valence-electron chi connectivity index (χ2n) is 6.89. The summed E-state index contributed by atoms with van der Waals surface area (Å²) >= 11 is 1.59. The number of hydrogen-bond acceptors (Lipinski definition) is 7. The number of carbonyl (C=O) groups excluding carboxylic acids is 1. The number of carbonyl (C=O) groups is 1. The van der Waals surface area contributed by atoms with Gasteiger partial charge in [-0.05, 0) is 37.6 Å². The van der Waals surface area contributed by atoms with Gasteiger partial charge in [0.2, 0.25) is 0 Å². The van der Waals surface area contributed by atoms with E-state index in [0.717, 1.165) is 9.75 Å². The molecule has 160 valence electrons. The van der Waals surface area contributed by atoms with E-state index < -0.39 is 10.2 Å². The molecule has 1 aromatic carbocycles. The van der Waals surface area contributed by atoms with E-state index in [4.69, 9.17) is 0 Å². The molecule has 0 radical (unpaired) electrons. The molecule has 1 aliphatic rings. The summed E-state index contributed by atoms with van der Waals surface area (Å²) in [5, 5.41) is 13.3. The number of phenolic OH excluding ortho intramolecular Hbond substituents is 1. The smallest absolute Gasteiger partial charge is 0.345 e. The van der Waals surface area contributed by atoms with E-state index in [-0.39, 0.29) is 40.6 Å². The number of anilines is 1. The molecule has 0 spiro atoms. The van der Waals surface area contributed by atoms with E-state index in [9.17, 15) is 18.3 Å². The Bertz CT molecular complexity index is 1140. The molecule has 0 saturated heterocycles. The van der Waals surface area contributed by atoms with Gasteiger partial charge in [0.25, 0.3) is 5.91 Å². The van der Waals surface area contributed by atoms with Crippen LogP contribution in [0.5, 0.6) is 5.75 Å². The third kappa shape index (κ3) is 4.62. The highest BCUT2D eigenvalue weighted by Crippen LogP contribution is 2.30. The third-order valence-corrected chi connectivity index (χ3v) is 6.32. The van der Waals surface area contributed by atoms with E-state index in [2.05, 4.69) is 19.4 Å². The fraction of sp³-hybridized carbons (Fsp3) is 0.316. The number of rotatable bonds is 5. The number of hydrogen-bond donors (Lipinski definition) is 3. The molecule has 3 N–H and O–H groups in total. The van der Waals surface area contributed by atoms with E-state index in [1.165, 1.54) is 17.0 Å². The molecular weight excluding hydrogens is 426 g/mol. The Balaban J connectivity index is 1.96. The molecule has 3 rings (SSSR count). The monoisotopic (exact) mass is 449 g/mol. The summed E-state index contributed by atoms with van der Waals surface area (Å²) in [5.74, 6) is -0.685. The minimum atomic E-state index is -3.96. The van der Waals surface area contributed by atoms with Crippen molar-refractivity contribution < 1.29 is 18.3 Å². The quantitative estimate of drug-likeness (QED) is 0.606. The Morgan fingerprint density at radius 3 is 2.67 bits per heavy atom. The number of amides is 1. The standard InChI is InChI=1S/C19H23N5O4S2/c1-5-13(15-10-9-11(2)29-15)20-17-18(23-30(27,28)22-17)21-14-8-6-7-12(16(14)25)19(26)24(3)4/h6-10,13,25H,5H2,1-4H3,(H,20,22)(H,21,23)/t13-/m1/s1. The summed E-state index contributed by atoms with van der Waals surface area (Å²) in [5.41, 5.74) is 0.228. The predicted molar refractivity (Wildman–Crippen MR) is 119 cm³/mol. The average molecular weight is 450 g/mol. The van der Waals surface area contributed by atoms with Crippen LogP contribution in [0.3, 0.4) is 0 Å². The van der Waals surface area contributed by atoms with Crippen LogP contribution in [0.2, 0.25) is 0 Å². The fourth-order valence-electron chi connectivity index (χ4n) is 2.86. The molecule has 30 heavy (non-hydrogen) atoms. The van der Waals surface area contributed by atoms with Gasteiger partial charge in [0.15, 0.2) is 17.4 Å². The lowest BCUT2D eigenvalue weighted by atomic mass is 10.1. The zero-order chi connectivity index (χ0) is 22.1. The van der Waals surface area contributed by atoms with Crippen molar-refractivity contribution in [2.75, 3.05) is 19.4 Å². The molecule has 0 fully saturated rings. The van der Waals surface area contributed by atoms with Gasteiger partial charge in [-0.3, -0.25) is 9.79 Å². The number of benzene rings is 1. The molecular formula is C19H23N5O4S2. The Labute approximate surface area is 179 Å². The second kappa shape index (κ2) is 8.44. The Kier molecular flexibility index (Phi) is 6.13. The first kappa shape index (κ1) is 21.8. The maximum Gasteiger partial charge on any atom is 0.345 e. The van der Waals surface area contributed by atoms with Crippen molar-refractivity contribution in [3.63, 3.8) is 0 Å². The number of nitrogens with one attached hydrogen (secondary N) is 2. The lowest BCUT2D eigenvalue weighted by Gasteiger charge is -2.15. The molecule has 2 aromatic rings. The van der Waals surface area contributed by atoms with Crippen LogP contribution in [0.15, 0.2) is 39.7 Å². The van der Waals surface area contributed by atoms with Crippen molar-refractivity contribution in [1.29, 1.82) is 0 Å². The molecule has 1 aliphatic heterocycles. The molecule has 0 saturated carbocycles. The van der Waals surface area contributed by atoms with Gasteiger partial charge in [0.1, 0.15) is 0 Å². The van der Waals surface area contributed by atoms with Gasteiger partial charge in [-0.15, -0.1) is 15.7 Å². The summed E-state index contributed by atoms with van der Waals surface area (Å²) in [6.45, 7) is 3.95. The first-order valence-electron chi connectivity index (χ1n) is 9.19. The van der Waals surface area contributed by atoms with Gasteiger partial charge < -0.3 is 15.3 Å². The van der Waals surface area contributed by atoms with Crippen molar-refractivity contribution in [2.45, 2.75) is 26.3 Å². The van der Waals surface area contributed by atoms with Crippen LogP contribution >= 0.6 is 11.3 Å². The number of para-hydroxylation sites is 1. The van der Waals surface area contributed by atoms with Crippen molar-refractivity contribution in [3.8, 4) is 5.75 Å². The lowest BCUT2D eigenvalue weighted by molar-refractivity contribution is 0.0824. The first-order valence-corrected chi connectivity index (χ1v) is 11.4. The second-order valence-corrected chi connectivity index (χ2v) is 9.55. The van der Waals surface area contributed by atoms with Gasteiger partial charge in [-0.25, -0.2) is 4.72 Å². The number of aliphatic imine (C=N–C) groups is 1. The number of amidine groups is 2. The van der Waals surface area contributed by atoms with Gasteiger partial charge in [-0.2, -0.15) is 8.42 Å². The maximum absolute atomic E-state index is 12.2. The van der Waals surface area contributed by atoms with Crippen LogP contribution in [-0.2, 0) is 10.2 Å². The predicted octanol–water partition coefficient (Wildman–Crippen LogP) is 2.67. The third-order valence-electron chi connectivity index (χ3n) is 4.35. The first-order chi connectivity index (χ1) is 14.1. The number of nitrogens with zero attached hydrogens (tertiary/aromatic N) is 3. The van der Waals surface area contributed by atoms with Gasteiger partial charge in [-0.1, -0.05) is 13.0 Å². The molecule has 1 aromatic heterocycles. The minimum Gasteiger partial charge on any atom is -0.505 e. The lowest BCUT2D eigenvalue weighted by Crippen LogP contribution is -2.31. The zero-order valence-electron chi connectivity index (χ0n) is 17.0. The molecule has 1 amide bonds. The number of aromatic hydroxyl groups is 1. The highest BCUT2D eigenvalue weighted by atomic mass is 32.2. The van der Waals surface area contributed by atoms with Crippen molar-refractivity contribution >= 4 is 44.8 Å². The molecule has 9 nitrogen and oxygen atoms in total.